The largest absolute Gasteiger partial charge is 0.368 e. The van der Waals surface area contributed by atoms with E-state index in [1.54, 1.807) is 0 Å². The van der Waals surface area contributed by atoms with Crippen molar-refractivity contribution >= 4 is 35.3 Å². The first-order valence-electron chi connectivity index (χ1n) is 19.0. The summed E-state index contributed by atoms with van der Waals surface area (Å²) in [5.41, 5.74) is 16.5. The predicted molar refractivity (Wildman–Crippen MR) is 194 cm³/mol. The van der Waals surface area contributed by atoms with Gasteiger partial charge < -0.3 is 38.5 Å². The summed E-state index contributed by atoms with van der Waals surface area (Å²) < 4.78 is 0. The van der Waals surface area contributed by atoms with Crippen LogP contribution in [0.4, 0.5) is 0 Å². The molecule has 0 aromatic heterocycles. The molecule has 2 atom stereocenters. The average molecular weight is 696 g/mol. The second-order valence-corrected chi connectivity index (χ2v) is 13.0. The number of rotatable bonds is 34. The number of nitrogens with one attached hydrogen (secondary N) is 4. The SMILES string of the molecule is CCCCCC(=O)NCCCCCC(=O)NC(CCCCN)C(=O)CCCCCC(=O)NCCCCCC(=O)NC(CCCCN)C(N)=O. The molecule has 0 aliphatic heterocycles. The molecular formula is C36H69N7O6. The zero-order valence-electron chi connectivity index (χ0n) is 30.4. The van der Waals surface area contributed by atoms with E-state index in [9.17, 15) is 28.8 Å². The van der Waals surface area contributed by atoms with Gasteiger partial charge in [0.05, 0.1) is 6.04 Å². The van der Waals surface area contributed by atoms with Gasteiger partial charge in [-0.3, -0.25) is 28.8 Å². The van der Waals surface area contributed by atoms with Crippen LogP contribution in [0.5, 0.6) is 0 Å². The molecule has 0 heterocycles. The van der Waals surface area contributed by atoms with Crippen LogP contribution in [-0.4, -0.2) is 73.6 Å². The molecule has 284 valence electrons. The molecule has 0 radical (unpaired) electrons. The van der Waals surface area contributed by atoms with Gasteiger partial charge in [-0.1, -0.05) is 39.0 Å². The third-order valence-corrected chi connectivity index (χ3v) is 8.44. The lowest BCUT2D eigenvalue weighted by Crippen LogP contribution is -2.44. The Balaban J connectivity index is 4.12. The van der Waals surface area contributed by atoms with E-state index in [0.717, 1.165) is 77.0 Å². The Morgan fingerprint density at radius 2 is 0.878 bits per heavy atom. The average Bonchev–Trinajstić information content (AvgIpc) is 3.06. The van der Waals surface area contributed by atoms with Gasteiger partial charge in [0, 0.05) is 45.2 Å². The van der Waals surface area contributed by atoms with E-state index in [-0.39, 0.29) is 29.4 Å². The van der Waals surface area contributed by atoms with Gasteiger partial charge in [-0.15, -0.1) is 0 Å². The number of Topliss-reactive ketones (excluding diaryl/α,β-unsaturated/α-hetero) is 1. The van der Waals surface area contributed by atoms with Crippen LogP contribution in [0, 0.1) is 0 Å². The lowest BCUT2D eigenvalue weighted by Gasteiger charge is -2.18. The summed E-state index contributed by atoms with van der Waals surface area (Å²) in [6.07, 6.45) is 15.7. The Hall–Kier alpha value is -3.06. The second kappa shape index (κ2) is 32.2. The van der Waals surface area contributed by atoms with Crippen LogP contribution >= 0.6 is 0 Å². The molecule has 13 nitrogen and oxygen atoms in total. The Morgan fingerprint density at radius 3 is 1.35 bits per heavy atom. The van der Waals surface area contributed by atoms with E-state index in [0.29, 0.717) is 96.8 Å². The van der Waals surface area contributed by atoms with E-state index in [4.69, 9.17) is 17.2 Å². The summed E-state index contributed by atoms with van der Waals surface area (Å²) in [7, 11) is 0. The van der Waals surface area contributed by atoms with Gasteiger partial charge in [0.2, 0.25) is 29.5 Å². The van der Waals surface area contributed by atoms with E-state index in [2.05, 4.69) is 28.2 Å². The molecule has 0 bridgehead atoms. The minimum Gasteiger partial charge on any atom is -0.368 e. The maximum absolute atomic E-state index is 12.9. The predicted octanol–water partition coefficient (Wildman–Crippen LogP) is 3.15. The Labute approximate surface area is 295 Å². The van der Waals surface area contributed by atoms with E-state index >= 15 is 0 Å². The number of primary amides is 1. The molecule has 0 rings (SSSR count). The molecule has 0 saturated carbocycles. The molecule has 10 N–H and O–H groups in total. The Bertz CT molecular complexity index is 934. The van der Waals surface area contributed by atoms with Gasteiger partial charge >= 0.3 is 0 Å². The van der Waals surface area contributed by atoms with Crippen molar-refractivity contribution in [2.75, 3.05) is 26.2 Å². The smallest absolute Gasteiger partial charge is 0.239 e. The topological polar surface area (TPSA) is 229 Å². The highest BCUT2D eigenvalue weighted by Gasteiger charge is 2.20. The summed E-state index contributed by atoms with van der Waals surface area (Å²) in [4.78, 5) is 73.2. The number of unbranched alkanes of at least 4 members (excludes halogenated alkanes) is 10. The minimum atomic E-state index is -0.668. The zero-order chi connectivity index (χ0) is 36.5. The van der Waals surface area contributed by atoms with E-state index < -0.39 is 18.0 Å². The number of nitrogens with two attached hydrogens (primary N) is 3. The van der Waals surface area contributed by atoms with Crippen molar-refractivity contribution in [3.63, 3.8) is 0 Å². The van der Waals surface area contributed by atoms with Crippen LogP contribution in [-0.2, 0) is 28.8 Å². The molecule has 0 aliphatic rings. The van der Waals surface area contributed by atoms with Crippen molar-refractivity contribution in [2.45, 2.75) is 167 Å². The highest BCUT2D eigenvalue weighted by molar-refractivity contribution is 5.89. The number of carbonyl (C=O) groups excluding carboxylic acids is 6. The number of amides is 5. The van der Waals surface area contributed by atoms with Gasteiger partial charge in [-0.25, -0.2) is 0 Å². The first-order valence-corrected chi connectivity index (χ1v) is 19.0. The van der Waals surface area contributed by atoms with Gasteiger partial charge in [-0.05, 0) is 96.6 Å². The highest BCUT2D eigenvalue weighted by Crippen LogP contribution is 2.11. The summed E-state index contributed by atoms with van der Waals surface area (Å²) in [5, 5.41) is 11.5. The van der Waals surface area contributed by atoms with Gasteiger partial charge in [0.15, 0.2) is 5.78 Å². The third-order valence-electron chi connectivity index (χ3n) is 8.44. The molecule has 0 aromatic rings. The lowest BCUT2D eigenvalue weighted by molar-refractivity contribution is -0.128. The lowest BCUT2D eigenvalue weighted by atomic mass is 9.99. The summed E-state index contributed by atoms with van der Waals surface area (Å²) in [5.74, 6) is -0.796. The highest BCUT2D eigenvalue weighted by atomic mass is 16.2. The second-order valence-electron chi connectivity index (χ2n) is 13.0. The summed E-state index contributed by atoms with van der Waals surface area (Å²) in [6.45, 7) is 4.33. The fourth-order valence-electron chi connectivity index (χ4n) is 5.40. The van der Waals surface area contributed by atoms with E-state index in [1.807, 2.05) is 0 Å². The van der Waals surface area contributed by atoms with Crippen LogP contribution in [0.2, 0.25) is 0 Å². The van der Waals surface area contributed by atoms with Crippen molar-refractivity contribution in [1.29, 1.82) is 0 Å². The first-order chi connectivity index (χ1) is 23.6. The van der Waals surface area contributed by atoms with Crippen molar-refractivity contribution in [3.05, 3.63) is 0 Å². The third kappa shape index (κ3) is 28.5. The number of hydrogen-bond donors (Lipinski definition) is 7. The maximum Gasteiger partial charge on any atom is 0.239 e. The van der Waals surface area contributed by atoms with Crippen LogP contribution < -0.4 is 38.5 Å². The van der Waals surface area contributed by atoms with Crippen LogP contribution in [0.15, 0.2) is 0 Å². The van der Waals surface area contributed by atoms with Crippen molar-refractivity contribution < 1.29 is 28.8 Å². The quantitative estimate of drug-likeness (QED) is 0.0494. The van der Waals surface area contributed by atoms with Gasteiger partial charge in [0.25, 0.3) is 0 Å². The monoisotopic (exact) mass is 696 g/mol. The number of carbonyl (C=O) groups is 6. The zero-order valence-corrected chi connectivity index (χ0v) is 30.4. The van der Waals surface area contributed by atoms with Gasteiger partial charge in [0.1, 0.15) is 6.04 Å². The Morgan fingerprint density at radius 1 is 0.469 bits per heavy atom. The molecule has 2 unspecified atom stereocenters. The number of hydrogen-bond acceptors (Lipinski definition) is 8. The summed E-state index contributed by atoms with van der Waals surface area (Å²) >= 11 is 0. The van der Waals surface area contributed by atoms with Crippen molar-refractivity contribution in [1.82, 2.24) is 21.3 Å². The standard InChI is InChI=1S/C36H69N7O6/c1-2-3-7-21-32(45)40-27-16-5-10-23-34(47)42-29(18-12-14-25-37)31(44)20-8-4-9-22-33(46)41-28-17-6-11-24-35(48)43-30(36(39)49)19-13-15-26-38/h29-30H,2-28,37-38H2,1H3,(H2,39,49)(H,40,45)(H,41,46)(H,42,47)(H,43,48). The molecule has 49 heavy (non-hydrogen) atoms. The van der Waals surface area contributed by atoms with Crippen molar-refractivity contribution in [2.24, 2.45) is 17.2 Å². The molecule has 0 spiro atoms. The molecular weight excluding hydrogens is 626 g/mol. The molecule has 0 aliphatic carbocycles. The van der Waals surface area contributed by atoms with Crippen LogP contribution in [0.3, 0.4) is 0 Å². The molecule has 0 saturated heterocycles. The number of ketones is 1. The fraction of sp³-hybridized carbons (Fsp3) is 0.833. The Kier molecular flexibility index (Phi) is 30.2. The molecule has 0 aromatic carbocycles. The maximum atomic E-state index is 12.9. The molecule has 13 heteroatoms. The molecule has 0 fully saturated rings. The van der Waals surface area contributed by atoms with Crippen molar-refractivity contribution in [3.8, 4) is 0 Å². The van der Waals surface area contributed by atoms with Crippen LogP contribution in [0.1, 0.15) is 155 Å². The fourth-order valence-corrected chi connectivity index (χ4v) is 5.40. The van der Waals surface area contributed by atoms with E-state index in [1.165, 1.54) is 0 Å². The minimum absolute atomic E-state index is 0.0195. The first kappa shape index (κ1) is 45.9. The van der Waals surface area contributed by atoms with Gasteiger partial charge in [-0.2, -0.15) is 0 Å². The normalized spacial score (nSPS) is 12.1. The summed E-state index contributed by atoms with van der Waals surface area (Å²) in [6, 6.07) is -1.18. The van der Waals surface area contributed by atoms with Crippen LogP contribution in [0.25, 0.3) is 0 Å². The molecule has 5 amide bonds.